The van der Waals surface area contributed by atoms with Gasteiger partial charge in [0, 0.05) is 11.1 Å². The van der Waals surface area contributed by atoms with Crippen molar-refractivity contribution < 1.29 is 4.79 Å². The number of amidine groups is 1. The van der Waals surface area contributed by atoms with Gasteiger partial charge in [-0.1, -0.05) is 66.7 Å². The van der Waals surface area contributed by atoms with Crippen LogP contribution in [0, 0.1) is 5.41 Å². The fourth-order valence-electron chi connectivity index (χ4n) is 2.28. The second-order valence-corrected chi connectivity index (χ2v) is 4.72. The minimum absolute atomic E-state index is 0.105. The molecule has 0 unspecified atom stereocenters. The van der Waals surface area contributed by atoms with Crippen LogP contribution in [0.3, 0.4) is 0 Å². The van der Waals surface area contributed by atoms with E-state index in [9.17, 15) is 4.79 Å². The van der Waals surface area contributed by atoms with Crippen LogP contribution in [0.4, 0.5) is 0 Å². The molecule has 3 rings (SSSR count). The van der Waals surface area contributed by atoms with Crippen molar-refractivity contribution in [3.8, 4) is 0 Å². The number of carbonyl (C=O) groups excluding carboxylic acids is 1. The third kappa shape index (κ3) is 2.67. The Morgan fingerprint density at radius 3 is 2.29 bits per heavy atom. The van der Waals surface area contributed by atoms with E-state index < -0.39 is 0 Å². The average molecular weight is 274 g/mol. The van der Waals surface area contributed by atoms with Crippen LogP contribution in [-0.4, -0.2) is 11.7 Å². The molecule has 3 aromatic rings. The van der Waals surface area contributed by atoms with E-state index in [1.165, 1.54) is 0 Å². The lowest BCUT2D eigenvalue weighted by molar-refractivity contribution is 0.0978. The van der Waals surface area contributed by atoms with E-state index in [0.717, 1.165) is 10.8 Å². The Morgan fingerprint density at radius 1 is 0.810 bits per heavy atom. The molecule has 0 aliphatic carbocycles. The Labute approximate surface area is 122 Å². The molecule has 21 heavy (non-hydrogen) atoms. The molecule has 102 valence electrons. The van der Waals surface area contributed by atoms with Crippen LogP contribution in [-0.2, 0) is 0 Å². The Morgan fingerprint density at radius 2 is 1.48 bits per heavy atom. The Bertz CT molecular complexity index is 804. The standard InChI is InChI=1S/C18H14N2O/c19-17(14-8-2-1-3-9-14)20-18(21)16-12-6-10-13-7-4-5-11-15(13)16/h1-12H,(H2,19,20,21). The zero-order valence-corrected chi connectivity index (χ0v) is 11.3. The van der Waals surface area contributed by atoms with Crippen molar-refractivity contribution >= 4 is 22.5 Å². The van der Waals surface area contributed by atoms with E-state index in [-0.39, 0.29) is 11.7 Å². The predicted octanol–water partition coefficient (Wildman–Crippen LogP) is 3.60. The van der Waals surface area contributed by atoms with E-state index in [1.54, 1.807) is 18.2 Å². The molecule has 2 N–H and O–H groups in total. The first-order valence-corrected chi connectivity index (χ1v) is 6.69. The minimum Gasteiger partial charge on any atom is -0.307 e. The summed E-state index contributed by atoms with van der Waals surface area (Å²) < 4.78 is 0. The van der Waals surface area contributed by atoms with Crippen LogP contribution in [0.15, 0.2) is 72.8 Å². The largest absolute Gasteiger partial charge is 0.307 e. The van der Waals surface area contributed by atoms with Gasteiger partial charge in [0.25, 0.3) is 5.91 Å². The molecule has 0 saturated heterocycles. The number of benzene rings is 3. The third-order valence-electron chi connectivity index (χ3n) is 3.34. The van der Waals surface area contributed by atoms with Gasteiger partial charge in [-0.15, -0.1) is 0 Å². The first kappa shape index (κ1) is 13.1. The Balaban J connectivity index is 1.90. The number of amides is 1. The third-order valence-corrected chi connectivity index (χ3v) is 3.34. The highest BCUT2D eigenvalue weighted by atomic mass is 16.1. The Hall–Kier alpha value is -2.94. The lowest BCUT2D eigenvalue weighted by Gasteiger charge is -2.09. The van der Waals surface area contributed by atoms with Crippen LogP contribution < -0.4 is 5.32 Å². The number of hydrogen-bond donors (Lipinski definition) is 2. The topological polar surface area (TPSA) is 53.0 Å². The number of rotatable bonds is 2. The summed E-state index contributed by atoms with van der Waals surface area (Å²) in [5.41, 5.74) is 1.26. The monoisotopic (exact) mass is 274 g/mol. The van der Waals surface area contributed by atoms with Crippen LogP contribution in [0.5, 0.6) is 0 Å². The maximum Gasteiger partial charge on any atom is 0.257 e. The molecule has 0 spiro atoms. The molecule has 0 saturated carbocycles. The molecule has 0 aromatic heterocycles. The first-order valence-electron chi connectivity index (χ1n) is 6.69. The lowest BCUT2D eigenvalue weighted by Crippen LogP contribution is -2.30. The average Bonchev–Trinajstić information content (AvgIpc) is 2.55. The number of carbonyl (C=O) groups is 1. The summed E-state index contributed by atoms with van der Waals surface area (Å²) in [4.78, 5) is 12.4. The molecular weight excluding hydrogens is 260 g/mol. The van der Waals surface area contributed by atoms with Gasteiger partial charge in [0.05, 0.1) is 0 Å². The molecule has 3 aromatic carbocycles. The molecule has 3 nitrogen and oxygen atoms in total. The van der Waals surface area contributed by atoms with E-state index in [4.69, 9.17) is 5.41 Å². The fourth-order valence-corrected chi connectivity index (χ4v) is 2.28. The summed E-state index contributed by atoms with van der Waals surface area (Å²) in [5, 5.41) is 12.5. The number of hydrogen-bond acceptors (Lipinski definition) is 2. The molecule has 0 atom stereocenters. The molecule has 0 bridgehead atoms. The molecule has 0 aliphatic heterocycles. The molecule has 0 fully saturated rings. The maximum absolute atomic E-state index is 12.4. The molecule has 0 heterocycles. The SMILES string of the molecule is N=C(NC(=O)c1cccc2ccccc12)c1ccccc1. The molecule has 0 radical (unpaired) electrons. The predicted molar refractivity (Wildman–Crippen MR) is 84.7 cm³/mol. The smallest absolute Gasteiger partial charge is 0.257 e. The minimum atomic E-state index is -0.263. The molecule has 3 heteroatoms. The summed E-state index contributed by atoms with van der Waals surface area (Å²) in [7, 11) is 0. The number of fused-ring (bicyclic) bond motifs is 1. The van der Waals surface area contributed by atoms with Crippen LogP contribution >= 0.6 is 0 Å². The quantitative estimate of drug-likeness (QED) is 0.544. The second-order valence-electron chi connectivity index (χ2n) is 4.72. The van der Waals surface area contributed by atoms with Gasteiger partial charge in [-0.05, 0) is 16.8 Å². The molecular formula is C18H14N2O. The van der Waals surface area contributed by atoms with Crippen molar-refractivity contribution in [2.75, 3.05) is 0 Å². The van der Waals surface area contributed by atoms with Gasteiger partial charge in [-0.25, -0.2) is 0 Å². The van der Waals surface area contributed by atoms with Gasteiger partial charge in [-0.2, -0.15) is 0 Å². The summed E-state index contributed by atoms with van der Waals surface area (Å²) >= 11 is 0. The van der Waals surface area contributed by atoms with Gasteiger partial charge < -0.3 is 5.32 Å². The zero-order chi connectivity index (χ0) is 14.7. The summed E-state index contributed by atoms with van der Waals surface area (Å²) in [5.74, 6) is -0.158. The van der Waals surface area contributed by atoms with E-state index >= 15 is 0 Å². The van der Waals surface area contributed by atoms with Gasteiger partial charge in [0.1, 0.15) is 5.84 Å². The van der Waals surface area contributed by atoms with Crippen molar-refractivity contribution in [1.29, 1.82) is 5.41 Å². The van der Waals surface area contributed by atoms with E-state index in [2.05, 4.69) is 5.32 Å². The normalized spacial score (nSPS) is 10.3. The molecule has 0 aliphatic rings. The van der Waals surface area contributed by atoms with Crippen molar-refractivity contribution in [2.24, 2.45) is 0 Å². The Kier molecular flexibility index (Phi) is 3.48. The summed E-state index contributed by atoms with van der Waals surface area (Å²) in [6, 6.07) is 22.5. The van der Waals surface area contributed by atoms with Crippen LogP contribution in [0.1, 0.15) is 15.9 Å². The van der Waals surface area contributed by atoms with Gasteiger partial charge in [-0.3, -0.25) is 10.2 Å². The van der Waals surface area contributed by atoms with Gasteiger partial charge >= 0.3 is 0 Å². The maximum atomic E-state index is 12.4. The first-order chi connectivity index (χ1) is 10.3. The molecule has 1 amide bonds. The van der Waals surface area contributed by atoms with E-state index in [1.807, 2.05) is 54.6 Å². The number of nitrogens with one attached hydrogen (secondary N) is 2. The fraction of sp³-hybridized carbons (Fsp3) is 0. The van der Waals surface area contributed by atoms with Gasteiger partial charge in [0.2, 0.25) is 0 Å². The van der Waals surface area contributed by atoms with Crippen molar-refractivity contribution in [3.05, 3.63) is 83.9 Å². The van der Waals surface area contributed by atoms with Crippen LogP contribution in [0.25, 0.3) is 10.8 Å². The van der Waals surface area contributed by atoms with Crippen molar-refractivity contribution in [2.45, 2.75) is 0 Å². The zero-order valence-electron chi connectivity index (χ0n) is 11.3. The summed E-state index contributed by atoms with van der Waals surface area (Å²) in [6.07, 6.45) is 0. The second kappa shape index (κ2) is 5.59. The van der Waals surface area contributed by atoms with Gasteiger partial charge in [0.15, 0.2) is 0 Å². The van der Waals surface area contributed by atoms with E-state index in [0.29, 0.717) is 11.1 Å². The lowest BCUT2D eigenvalue weighted by atomic mass is 10.0. The summed E-state index contributed by atoms with van der Waals surface area (Å²) in [6.45, 7) is 0. The van der Waals surface area contributed by atoms with Crippen molar-refractivity contribution in [1.82, 2.24) is 5.32 Å². The van der Waals surface area contributed by atoms with Crippen LogP contribution in [0.2, 0.25) is 0 Å². The van der Waals surface area contributed by atoms with Crippen molar-refractivity contribution in [3.63, 3.8) is 0 Å². The highest BCUT2D eigenvalue weighted by Gasteiger charge is 2.11. The highest BCUT2D eigenvalue weighted by Crippen LogP contribution is 2.18. The highest BCUT2D eigenvalue weighted by molar-refractivity contribution is 6.15.